The average molecular weight is 439 g/mol. The second kappa shape index (κ2) is 9.66. The lowest BCUT2D eigenvalue weighted by atomic mass is 10.1. The van der Waals surface area contributed by atoms with Crippen molar-refractivity contribution in [2.75, 3.05) is 11.3 Å². The number of benzene rings is 3. The lowest BCUT2D eigenvalue weighted by Crippen LogP contribution is -2.28. The maximum Gasteiger partial charge on any atom is 0.261 e. The molecule has 0 radical (unpaired) electrons. The van der Waals surface area contributed by atoms with Crippen molar-refractivity contribution in [2.24, 2.45) is 0 Å². The molecule has 1 amide bonds. The Kier molecular flexibility index (Phi) is 6.97. The smallest absolute Gasteiger partial charge is 0.261 e. The summed E-state index contributed by atoms with van der Waals surface area (Å²) in [5.41, 5.74) is 4.33. The zero-order valence-electron chi connectivity index (χ0n) is 17.8. The van der Waals surface area contributed by atoms with Gasteiger partial charge in [-0.3, -0.25) is 9.52 Å². The molecular formula is C24H26N2O4S. The highest BCUT2D eigenvalue weighted by molar-refractivity contribution is 7.92. The number of nitrogens with one attached hydrogen (secondary N) is 2. The predicted octanol–water partition coefficient (Wildman–Crippen LogP) is 4.11. The fourth-order valence-corrected chi connectivity index (χ4v) is 4.03. The molecule has 0 atom stereocenters. The quantitative estimate of drug-likeness (QED) is 0.554. The van der Waals surface area contributed by atoms with Gasteiger partial charge < -0.3 is 10.1 Å². The Bertz CT molecular complexity index is 1160. The summed E-state index contributed by atoms with van der Waals surface area (Å²) < 4.78 is 33.4. The first-order chi connectivity index (χ1) is 14.7. The molecule has 0 unspecified atom stereocenters. The molecule has 3 aromatic carbocycles. The minimum Gasteiger partial charge on any atom is -0.484 e. The van der Waals surface area contributed by atoms with Crippen molar-refractivity contribution in [3.05, 3.63) is 89.0 Å². The van der Waals surface area contributed by atoms with Crippen LogP contribution in [0.4, 0.5) is 5.69 Å². The van der Waals surface area contributed by atoms with Gasteiger partial charge in [-0.15, -0.1) is 0 Å². The first kappa shape index (κ1) is 22.4. The first-order valence-electron chi connectivity index (χ1n) is 9.88. The Morgan fingerprint density at radius 1 is 0.871 bits per heavy atom. The zero-order valence-corrected chi connectivity index (χ0v) is 18.6. The van der Waals surface area contributed by atoms with E-state index in [9.17, 15) is 13.2 Å². The maximum absolute atomic E-state index is 12.6. The van der Waals surface area contributed by atoms with Crippen molar-refractivity contribution >= 4 is 21.6 Å². The van der Waals surface area contributed by atoms with Crippen LogP contribution in [0, 0.1) is 20.8 Å². The zero-order chi connectivity index (χ0) is 22.4. The molecule has 3 aromatic rings. The summed E-state index contributed by atoms with van der Waals surface area (Å²) in [6.45, 7) is 5.95. The Labute approximate surface area is 183 Å². The van der Waals surface area contributed by atoms with Gasteiger partial charge in [0.25, 0.3) is 15.9 Å². The summed E-state index contributed by atoms with van der Waals surface area (Å²) in [5.74, 6) is 0.206. The minimum absolute atomic E-state index is 0.127. The molecule has 162 valence electrons. The molecule has 0 spiro atoms. The Morgan fingerprint density at radius 3 is 2.10 bits per heavy atom. The molecule has 0 saturated heterocycles. The average Bonchev–Trinajstić information content (AvgIpc) is 2.74. The number of sulfonamides is 1. The van der Waals surface area contributed by atoms with Crippen LogP contribution in [0.2, 0.25) is 0 Å². The van der Waals surface area contributed by atoms with Crippen LogP contribution in [0.25, 0.3) is 0 Å². The topological polar surface area (TPSA) is 84.5 Å². The van der Waals surface area contributed by atoms with Gasteiger partial charge in [0.15, 0.2) is 6.61 Å². The lowest BCUT2D eigenvalue weighted by molar-refractivity contribution is -0.123. The maximum atomic E-state index is 12.6. The van der Waals surface area contributed by atoms with Crippen molar-refractivity contribution in [2.45, 2.75) is 32.2 Å². The van der Waals surface area contributed by atoms with Gasteiger partial charge in [-0.05, 0) is 62.2 Å². The molecular weight excluding hydrogens is 412 g/mol. The van der Waals surface area contributed by atoms with E-state index in [1.807, 2.05) is 50.2 Å². The fraction of sp³-hybridized carbons (Fsp3) is 0.208. The van der Waals surface area contributed by atoms with Crippen LogP contribution >= 0.6 is 0 Å². The van der Waals surface area contributed by atoms with Crippen molar-refractivity contribution < 1.29 is 17.9 Å². The Morgan fingerprint density at radius 2 is 1.48 bits per heavy atom. The molecule has 0 aliphatic heterocycles. The number of carbonyl (C=O) groups is 1. The van der Waals surface area contributed by atoms with E-state index in [0.29, 0.717) is 23.5 Å². The number of amides is 1. The van der Waals surface area contributed by atoms with E-state index >= 15 is 0 Å². The summed E-state index contributed by atoms with van der Waals surface area (Å²) in [6, 6.07) is 19.6. The monoisotopic (exact) mass is 438 g/mol. The van der Waals surface area contributed by atoms with Gasteiger partial charge in [0.1, 0.15) is 5.75 Å². The number of hydrogen-bond acceptors (Lipinski definition) is 4. The number of ether oxygens (including phenoxy) is 1. The highest BCUT2D eigenvalue weighted by Crippen LogP contribution is 2.23. The van der Waals surface area contributed by atoms with E-state index in [4.69, 9.17) is 4.74 Å². The van der Waals surface area contributed by atoms with Crippen molar-refractivity contribution in [3.8, 4) is 5.75 Å². The van der Waals surface area contributed by atoms with Gasteiger partial charge in [0.05, 0.1) is 4.90 Å². The molecule has 0 aliphatic rings. The van der Waals surface area contributed by atoms with E-state index in [1.165, 1.54) is 12.1 Å². The second-order valence-corrected chi connectivity index (χ2v) is 9.13. The van der Waals surface area contributed by atoms with E-state index in [1.54, 1.807) is 25.1 Å². The van der Waals surface area contributed by atoms with Crippen molar-refractivity contribution in [1.29, 1.82) is 0 Å². The van der Waals surface area contributed by atoms with Gasteiger partial charge in [-0.2, -0.15) is 0 Å². The molecule has 0 bridgehead atoms. The van der Waals surface area contributed by atoms with Crippen LogP contribution in [0.5, 0.6) is 5.75 Å². The normalized spacial score (nSPS) is 11.1. The van der Waals surface area contributed by atoms with Gasteiger partial charge in [-0.25, -0.2) is 8.42 Å². The lowest BCUT2D eigenvalue weighted by Gasteiger charge is -2.12. The number of anilines is 1. The second-order valence-electron chi connectivity index (χ2n) is 7.45. The third kappa shape index (κ3) is 6.33. The molecule has 0 saturated carbocycles. The highest BCUT2D eigenvalue weighted by Gasteiger charge is 2.16. The summed E-state index contributed by atoms with van der Waals surface area (Å²) in [5, 5.41) is 2.81. The van der Waals surface area contributed by atoms with Gasteiger partial charge >= 0.3 is 0 Å². The number of hydrogen-bond donors (Lipinski definition) is 2. The van der Waals surface area contributed by atoms with E-state index in [0.717, 1.165) is 16.7 Å². The Hall–Kier alpha value is -3.32. The van der Waals surface area contributed by atoms with Crippen LogP contribution in [0.15, 0.2) is 71.6 Å². The van der Waals surface area contributed by atoms with Crippen LogP contribution in [-0.4, -0.2) is 20.9 Å². The first-order valence-corrected chi connectivity index (χ1v) is 11.4. The van der Waals surface area contributed by atoms with Gasteiger partial charge in [-0.1, -0.05) is 47.5 Å². The van der Waals surface area contributed by atoms with Crippen LogP contribution in [0.1, 0.15) is 22.3 Å². The third-order valence-corrected chi connectivity index (χ3v) is 6.11. The van der Waals surface area contributed by atoms with Crippen LogP contribution < -0.4 is 14.8 Å². The Balaban J connectivity index is 1.57. The summed E-state index contributed by atoms with van der Waals surface area (Å²) >= 11 is 0. The summed E-state index contributed by atoms with van der Waals surface area (Å²) in [4.78, 5) is 12.2. The molecule has 0 heterocycles. The minimum atomic E-state index is -3.72. The van der Waals surface area contributed by atoms with E-state index in [-0.39, 0.29) is 17.4 Å². The molecule has 0 aromatic heterocycles. The number of carbonyl (C=O) groups excluding carboxylic acids is 1. The van der Waals surface area contributed by atoms with Gasteiger partial charge in [0, 0.05) is 12.2 Å². The van der Waals surface area contributed by atoms with Crippen molar-refractivity contribution in [3.63, 3.8) is 0 Å². The van der Waals surface area contributed by atoms with Crippen LogP contribution in [0.3, 0.4) is 0 Å². The molecule has 2 N–H and O–H groups in total. The van der Waals surface area contributed by atoms with E-state index in [2.05, 4.69) is 10.0 Å². The molecule has 7 heteroatoms. The summed E-state index contributed by atoms with van der Waals surface area (Å²) in [6.07, 6.45) is 0. The molecule has 31 heavy (non-hydrogen) atoms. The molecule has 3 rings (SSSR count). The van der Waals surface area contributed by atoms with Crippen LogP contribution in [-0.2, 0) is 21.4 Å². The molecule has 0 aliphatic carbocycles. The summed E-state index contributed by atoms with van der Waals surface area (Å²) in [7, 11) is -3.72. The van der Waals surface area contributed by atoms with Gasteiger partial charge in [0.2, 0.25) is 0 Å². The molecule has 6 nitrogen and oxygen atoms in total. The predicted molar refractivity (Wildman–Crippen MR) is 122 cm³/mol. The number of aryl methyl sites for hydroxylation is 3. The number of rotatable bonds is 8. The fourth-order valence-electron chi connectivity index (χ4n) is 2.89. The highest BCUT2D eigenvalue weighted by atomic mass is 32.2. The molecule has 0 fully saturated rings. The van der Waals surface area contributed by atoms with Crippen molar-refractivity contribution in [1.82, 2.24) is 5.32 Å². The third-order valence-electron chi connectivity index (χ3n) is 4.73. The van der Waals surface area contributed by atoms with E-state index < -0.39 is 10.0 Å². The SMILES string of the molecule is Cc1ccc(CNC(=O)COc2ccc(S(=O)(=O)Nc3ccc(C)cc3)cc2C)cc1. The standard InChI is InChI=1S/C24H26N2O4S/c1-17-4-8-20(9-5-17)15-25-24(27)16-30-23-13-12-22(14-19(23)3)31(28,29)26-21-10-6-18(2)7-11-21/h4-14,26H,15-16H2,1-3H3,(H,25,27). The largest absolute Gasteiger partial charge is 0.484 e.